The van der Waals surface area contributed by atoms with Crippen LogP contribution >= 0.6 is 23.2 Å². The van der Waals surface area contributed by atoms with Crippen LogP contribution in [0.5, 0.6) is 0 Å². The first-order valence-corrected chi connectivity index (χ1v) is 5.79. The molecule has 14 heavy (non-hydrogen) atoms. The SMILES string of the molecule is CC.CC.Cc1cc(Cl)c(C)cc1Cl. The first kappa shape index (κ1) is 16.2. The number of benzene rings is 1. The van der Waals surface area contributed by atoms with E-state index in [2.05, 4.69) is 0 Å². The van der Waals surface area contributed by atoms with Gasteiger partial charge < -0.3 is 0 Å². The smallest absolute Gasteiger partial charge is 0.0438 e. The predicted molar refractivity (Wildman–Crippen MR) is 68.6 cm³/mol. The summed E-state index contributed by atoms with van der Waals surface area (Å²) in [7, 11) is 0. The third kappa shape index (κ3) is 5.51. The van der Waals surface area contributed by atoms with Crippen molar-refractivity contribution in [2.24, 2.45) is 0 Å². The van der Waals surface area contributed by atoms with Crippen LogP contribution in [0.15, 0.2) is 12.1 Å². The summed E-state index contributed by atoms with van der Waals surface area (Å²) in [6, 6.07) is 3.75. The van der Waals surface area contributed by atoms with E-state index in [9.17, 15) is 0 Å². The molecule has 0 aliphatic rings. The van der Waals surface area contributed by atoms with Crippen molar-refractivity contribution >= 4 is 23.2 Å². The highest BCUT2D eigenvalue weighted by Crippen LogP contribution is 2.23. The average Bonchev–Trinajstić information content (AvgIpc) is 2.21. The van der Waals surface area contributed by atoms with Crippen LogP contribution in [0.25, 0.3) is 0 Å². The van der Waals surface area contributed by atoms with Crippen molar-refractivity contribution in [2.45, 2.75) is 41.5 Å². The molecule has 0 radical (unpaired) electrons. The molecular weight excluding hydrogens is 215 g/mol. The molecule has 0 aliphatic carbocycles. The molecule has 0 N–H and O–H groups in total. The normalized spacial score (nSPS) is 8.00. The minimum atomic E-state index is 0.780. The predicted octanol–water partition coefficient (Wildman–Crippen LogP) is 5.66. The van der Waals surface area contributed by atoms with Crippen LogP contribution in [0.3, 0.4) is 0 Å². The van der Waals surface area contributed by atoms with Crippen LogP contribution < -0.4 is 0 Å². The number of hydrogen-bond donors (Lipinski definition) is 0. The fourth-order valence-corrected chi connectivity index (χ4v) is 1.18. The topological polar surface area (TPSA) is 0 Å². The summed E-state index contributed by atoms with van der Waals surface area (Å²) in [6.45, 7) is 11.9. The van der Waals surface area contributed by atoms with E-state index in [1.807, 2.05) is 53.7 Å². The van der Waals surface area contributed by atoms with E-state index in [1.165, 1.54) is 0 Å². The summed E-state index contributed by atoms with van der Waals surface area (Å²) in [4.78, 5) is 0. The number of aryl methyl sites for hydroxylation is 2. The highest BCUT2D eigenvalue weighted by molar-refractivity contribution is 6.34. The van der Waals surface area contributed by atoms with Crippen molar-refractivity contribution in [3.63, 3.8) is 0 Å². The Morgan fingerprint density at radius 2 is 0.929 bits per heavy atom. The average molecular weight is 235 g/mol. The summed E-state index contributed by atoms with van der Waals surface area (Å²) < 4.78 is 0. The van der Waals surface area contributed by atoms with Crippen LogP contribution in [-0.4, -0.2) is 0 Å². The molecule has 0 spiro atoms. The highest BCUT2D eigenvalue weighted by atomic mass is 35.5. The van der Waals surface area contributed by atoms with Crippen LogP contribution in [0.2, 0.25) is 10.0 Å². The third-order valence-corrected chi connectivity index (χ3v) is 2.25. The number of rotatable bonds is 0. The van der Waals surface area contributed by atoms with Crippen LogP contribution in [0, 0.1) is 13.8 Å². The van der Waals surface area contributed by atoms with Crippen molar-refractivity contribution in [3.05, 3.63) is 33.3 Å². The summed E-state index contributed by atoms with van der Waals surface area (Å²) in [6.07, 6.45) is 0. The van der Waals surface area contributed by atoms with Gasteiger partial charge in [0.15, 0.2) is 0 Å². The minimum Gasteiger partial charge on any atom is -0.0840 e. The van der Waals surface area contributed by atoms with E-state index in [-0.39, 0.29) is 0 Å². The maximum atomic E-state index is 5.83. The second kappa shape index (κ2) is 9.36. The Morgan fingerprint density at radius 1 is 0.714 bits per heavy atom. The lowest BCUT2D eigenvalue weighted by atomic mass is 10.2. The Kier molecular flexibility index (Phi) is 10.9. The van der Waals surface area contributed by atoms with Gasteiger partial charge >= 0.3 is 0 Å². The monoisotopic (exact) mass is 234 g/mol. The van der Waals surface area contributed by atoms with E-state index < -0.39 is 0 Å². The van der Waals surface area contributed by atoms with Gasteiger partial charge in [-0.25, -0.2) is 0 Å². The zero-order chi connectivity index (χ0) is 11.7. The van der Waals surface area contributed by atoms with E-state index in [4.69, 9.17) is 23.2 Å². The number of halogens is 2. The molecule has 0 fully saturated rings. The molecule has 0 atom stereocenters. The first-order chi connectivity index (χ1) is 6.61. The van der Waals surface area contributed by atoms with Gasteiger partial charge in [0.05, 0.1) is 0 Å². The molecule has 0 aromatic heterocycles. The molecule has 1 rings (SSSR count). The van der Waals surface area contributed by atoms with Crippen molar-refractivity contribution in [1.29, 1.82) is 0 Å². The van der Waals surface area contributed by atoms with Gasteiger partial charge in [0.25, 0.3) is 0 Å². The maximum Gasteiger partial charge on any atom is 0.0438 e. The fourth-order valence-electron chi connectivity index (χ4n) is 0.746. The van der Waals surface area contributed by atoms with Crippen LogP contribution in [0.1, 0.15) is 38.8 Å². The van der Waals surface area contributed by atoms with E-state index in [0.717, 1.165) is 21.2 Å². The van der Waals surface area contributed by atoms with E-state index >= 15 is 0 Å². The first-order valence-electron chi connectivity index (χ1n) is 5.03. The summed E-state index contributed by atoms with van der Waals surface area (Å²) >= 11 is 11.7. The minimum absolute atomic E-state index is 0.780. The van der Waals surface area contributed by atoms with Gasteiger partial charge in [-0.15, -0.1) is 0 Å². The lowest BCUT2D eigenvalue weighted by Crippen LogP contribution is -1.79. The fraction of sp³-hybridized carbons (Fsp3) is 0.500. The van der Waals surface area contributed by atoms with E-state index in [1.54, 1.807) is 0 Å². The molecule has 0 bridgehead atoms. The third-order valence-electron chi connectivity index (χ3n) is 1.44. The zero-order valence-electron chi connectivity index (χ0n) is 9.91. The largest absolute Gasteiger partial charge is 0.0840 e. The van der Waals surface area contributed by atoms with Gasteiger partial charge in [-0.1, -0.05) is 50.9 Å². The summed E-state index contributed by atoms with van der Waals surface area (Å²) in [5.74, 6) is 0. The van der Waals surface area contributed by atoms with Crippen LogP contribution in [0.4, 0.5) is 0 Å². The van der Waals surface area contributed by atoms with Crippen molar-refractivity contribution in [2.75, 3.05) is 0 Å². The van der Waals surface area contributed by atoms with Crippen LogP contribution in [-0.2, 0) is 0 Å². The lowest BCUT2D eigenvalue weighted by Gasteiger charge is -2.00. The van der Waals surface area contributed by atoms with Gasteiger partial charge in [-0.05, 0) is 37.1 Å². The van der Waals surface area contributed by atoms with Crippen molar-refractivity contribution in [3.8, 4) is 0 Å². The second-order valence-corrected chi connectivity index (χ2v) is 3.16. The summed E-state index contributed by atoms with van der Waals surface area (Å²) in [5.41, 5.74) is 2.05. The molecule has 0 nitrogen and oxygen atoms in total. The van der Waals surface area contributed by atoms with Gasteiger partial charge in [0, 0.05) is 10.0 Å². The Morgan fingerprint density at radius 3 is 1.14 bits per heavy atom. The molecule has 0 aliphatic heterocycles. The Balaban J connectivity index is 0. The van der Waals surface area contributed by atoms with Crippen molar-refractivity contribution < 1.29 is 0 Å². The second-order valence-electron chi connectivity index (χ2n) is 2.35. The quantitative estimate of drug-likeness (QED) is 0.544. The lowest BCUT2D eigenvalue weighted by molar-refractivity contribution is 1.40. The molecule has 0 saturated heterocycles. The maximum absolute atomic E-state index is 5.83. The Labute approximate surface area is 98.2 Å². The van der Waals surface area contributed by atoms with Gasteiger partial charge in [0.1, 0.15) is 0 Å². The molecule has 0 heterocycles. The summed E-state index contributed by atoms with van der Waals surface area (Å²) in [5, 5.41) is 1.56. The molecule has 2 heteroatoms. The highest BCUT2D eigenvalue weighted by Gasteiger charge is 1.98. The van der Waals surface area contributed by atoms with E-state index in [0.29, 0.717) is 0 Å². The standard InChI is InChI=1S/C8H8Cl2.2C2H6/c1-5-3-8(10)6(2)4-7(5)9;2*1-2/h3-4H,1-2H3;2*1-2H3. The van der Waals surface area contributed by atoms with Crippen molar-refractivity contribution in [1.82, 2.24) is 0 Å². The molecule has 0 unspecified atom stereocenters. The molecule has 1 aromatic rings. The molecule has 0 saturated carbocycles. The zero-order valence-corrected chi connectivity index (χ0v) is 11.4. The Bertz CT molecular complexity index is 204. The van der Waals surface area contributed by atoms with Gasteiger partial charge in [-0.2, -0.15) is 0 Å². The van der Waals surface area contributed by atoms with Gasteiger partial charge in [0.2, 0.25) is 0 Å². The molecule has 82 valence electrons. The Hall–Kier alpha value is -0.200. The molecule has 0 amide bonds. The number of hydrogen-bond acceptors (Lipinski definition) is 0. The molecule has 1 aromatic carbocycles. The van der Waals surface area contributed by atoms with Gasteiger partial charge in [-0.3, -0.25) is 0 Å². The molecular formula is C12H20Cl2.